The zero-order valence-corrected chi connectivity index (χ0v) is 10.2. The Labute approximate surface area is 90.5 Å². The summed E-state index contributed by atoms with van der Waals surface area (Å²) in [5.41, 5.74) is 3.86. The van der Waals surface area contributed by atoms with E-state index >= 15 is 0 Å². The summed E-state index contributed by atoms with van der Waals surface area (Å²) >= 11 is 0. The summed E-state index contributed by atoms with van der Waals surface area (Å²) in [5.74, 6) is 0. The van der Waals surface area contributed by atoms with Gasteiger partial charge in [0.1, 0.15) is 0 Å². The molecule has 0 aromatic rings. The molecule has 0 heterocycles. The molecule has 0 aromatic heterocycles. The van der Waals surface area contributed by atoms with E-state index in [1.807, 2.05) is 0 Å². The maximum absolute atomic E-state index is 3.86. The first-order valence-corrected chi connectivity index (χ1v) is 6.71. The van der Waals surface area contributed by atoms with Gasteiger partial charge in [-0.1, -0.05) is 64.7 Å². The summed E-state index contributed by atoms with van der Waals surface area (Å²) in [6, 6.07) is 0. The predicted octanol–water partition coefficient (Wildman–Crippen LogP) is 3.54. The summed E-state index contributed by atoms with van der Waals surface area (Å²) in [5, 5.41) is 0. The molecule has 0 aliphatic heterocycles. The predicted molar refractivity (Wildman–Crippen MR) is 64.2 cm³/mol. The van der Waals surface area contributed by atoms with Crippen molar-refractivity contribution >= 4 is 0 Å². The van der Waals surface area contributed by atoms with E-state index in [0.717, 1.165) is 6.54 Å². The summed E-state index contributed by atoms with van der Waals surface area (Å²) in [6.45, 7) is 3.40. The standard InChI is InChI=1S/C13H29N/c1-2-3-4-5-6-7-8-9-10-11-12-13-14/h2-14H2,1H3/p+1. The van der Waals surface area contributed by atoms with Crippen LogP contribution in [0.15, 0.2) is 0 Å². The van der Waals surface area contributed by atoms with E-state index in [1.54, 1.807) is 0 Å². The molecule has 0 atom stereocenters. The van der Waals surface area contributed by atoms with E-state index in [1.165, 1.54) is 70.6 Å². The Kier molecular flexibility index (Phi) is 12.9. The lowest BCUT2D eigenvalue weighted by atomic mass is 10.1. The Morgan fingerprint density at radius 2 is 0.929 bits per heavy atom. The van der Waals surface area contributed by atoms with Crippen LogP contribution in [-0.4, -0.2) is 6.54 Å². The van der Waals surface area contributed by atoms with Gasteiger partial charge in [-0.25, -0.2) is 0 Å². The van der Waals surface area contributed by atoms with E-state index in [0.29, 0.717) is 0 Å². The quantitative estimate of drug-likeness (QED) is 0.494. The molecule has 14 heavy (non-hydrogen) atoms. The maximum Gasteiger partial charge on any atom is 0.0739 e. The molecule has 0 bridgehead atoms. The van der Waals surface area contributed by atoms with E-state index in [4.69, 9.17) is 0 Å². The second kappa shape index (κ2) is 13.0. The molecule has 0 aliphatic rings. The Hall–Kier alpha value is -0.0400. The lowest BCUT2D eigenvalue weighted by molar-refractivity contribution is -0.368. The second-order valence-corrected chi connectivity index (χ2v) is 4.39. The van der Waals surface area contributed by atoms with E-state index in [2.05, 4.69) is 12.7 Å². The molecule has 0 saturated heterocycles. The molecule has 1 heteroatoms. The van der Waals surface area contributed by atoms with Crippen LogP contribution >= 0.6 is 0 Å². The van der Waals surface area contributed by atoms with Crippen LogP contribution in [0.2, 0.25) is 0 Å². The molecular weight excluding hydrogens is 170 g/mol. The number of hydrogen-bond donors (Lipinski definition) is 1. The van der Waals surface area contributed by atoms with Gasteiger partial charge in [-0.2, -0.15) is 0 Å². The van der Waals surface area contributed by atoms with Gasteiger partial charge in [0, 0.05) is 0 Å². The number of quaternary nitrogens is 1. The lowest BCUT2D eigenvalue weighted by Crippen LogP contribution is -2.50. The van der Waals surface area contributed by atoms with Crippen molar-refractivity contribution in [3.05, 3.63) is 0 Å². The SMILES string of the molecule is CCCCCCCCCCCCC[NH3+]. The van der Waals surface area contributed by atoms with Crippen LogP contribution < -0.4 is 5.73 Å². The Balaban J connectivity index is 2.78. The van der Waals surface area contributed by atoms with Gasteiger partial charge in [-0.3, -0.25) is 0 Å². The van der Waals surface area contributed by atoms with E-state index in [-0.39, 0.29) is 0 Å². The highest BCUT2D eigenvalue weighted by atomic mass is 14.5. The third-order valence-electron chi connectivity index (χ3n) is 2.85. The first kappa shape index (κ1) is 14.0. The molecule has 0 saturated carbocycles. The molecule has 0 aromatic carbocycles. The fourth-order valence-electron chi connectivity index (χ4n) is 1.84. The second-order valence-electron chi connectivity index (χ2n) is 4.39. The van der Waals surface area contributed by atoms with Crippen LogP contribution in [0, 0.1) is 0 Å². The third kappa shape index (κ3) is 12.0. The fraction of sp³-hybridized carbons (Fsp3) is 1.00. The highest BCUT2D eigenvalue weighted by molar-refractivity contribution is 4.47. The topological polar surface area (TPSA) is 27.6 Å². The van der Waals surface area contributed by atoms with Crippen molar-refractivity contribution in [2.24, 2.45) is 0 Å². The normalized spacial score (nSPS) is 10.7. The van der Waals surface area contributed by atoms with Gasteiger partial charge in [0.25, 0.3) is 0 Å². The van der Waals surface area contributed by atoms with Gasteiger partial charge in [-0.15, -0.1) is 0 Å². The molecule has 86 valence electrons. The summed E-state index contributed by atoms with van der Waals surface area (Å²) in [7, 11) is 0. The Morgan fingerprint density at radius 3 is 1.29 bits per heavy atom. The lowest BCUT2D eigenvalue weighted by Gasteiger charge is -2.01. The number of rotatable bonds is 11. The average Bonchev–Trinajstić information content (AvgIpc) is 2.21. The van der Waals surface area contributed by atoms with Gasteiger partial charge < -0.3 is 5.73 Å². The molecule has 0 spiro atoms. The van der Waals surface area contributed by atoms with Crippen LogP contribution in [0.3, 0.4) is 0 Å². The third-order valence-corrected chi connectivity index (χ3v) is 2.85. The minimum atomic E-state index is 1.12. The zero-order valence-electron chi connectivity index (χ0n) is 10.2. The number of hydrogen-bond acceptors (Lipinski definition) is 0. The monoisotopic (exact) mass is 200 g/mol. The van der Waals surface area contributed by atoms with Crippen molar-refractivity contribution < 1.29 is 5.73 Å². The molecular formula is C13H30N+. The van der Waals surface area contributed by atoms with Crippen molar-refractivity contribution in [1.29, 1.82) is 0 Å². The average molecular weight is 200 g/mol. The van der Waals surface area contributed by atoms with Gasteiger partial charge >= 0.3 is 0 Å². The minimum Gasteiger partial charge on any atom is -0.358 e. The molecule has 3 N–H and O–H groups in total. The van der Waals surface area contributed by atoms with E-state index in [9.17, 15) is 0 Å². The first-order chi connectivity index (χ1) is 6.91. The van der Waals surface area contributed by atoms with Crippen LogP contribution in [0.5, 0.6) is 0 Å². The molecule has 0 amide bonds. The largest absolute Gasteiger partial charge is 0.358 e. The summed E-state index contributed by atoms with van der Waals surface area (Å²) in [6.07, 6.45) is 15.7. The van der Waals surface area contributed by atoms with Gasteiger partial charge in [0.15, 0.2) is 0 Å². The van der Waals surface area contributed by atoms with Crippen molar-refractivity contribution in [2.75, 3.05) is 6.54 Å². The fourth-order valence-corrected chi connectivity index (χ4v) is 1.84. The van der Waals surface area contributed by atoms with Crippen molar-refractivity contribution in [3.8, 4) is 0 Å². The maximum atomic E-state index is 3.86. The van der Waals surface area contributed by atoms with Crippen molar-refractivity contribution in [3.63, 3.8) is 0 Å². The van der Waals surface area contributed by atoms with Crippen LogP contribution in [0.25, 0.3) is 0 Å². The summed E-state index contributed by atoms with van der Waals surface area (Å²) < 4.78 is 0. The molecule has 0 aliphatic carbocycles. The summed E-state index contributed by atoms with van der Waals surface area (Å²) in [4.78, 5) is 0. The van der Waals surface area contributed by atoms with Crippen LogP contribution in [0.1, 0.15) is 77.6 Å². The zero-order chi connectivity index (χ0) is 10.5. The number of unbranched alkanes of at least 4 members (excludes halogenated alkanes) is 10. The van der Waals surface area contributed by atoms with E-state index < -0.39 is 0 Å². The minimum absolute atomic E-state index is 1.12. The smallest absolute Gasteiger partial charge is 0.0739 e. The molecule has 0 unspecified atom stereocenters. The Morgan fingerprint density at radius 1 is 0.571 bits per heavy atom. The van der Waals surface area contributed by atoms with Gasteiger partial charge in [0.05, 0.1) is 6.54 Å². The van der Waals surface area contributed by atoms with Crippen LogP contribution in [0.4, 0.5) is 0 Å². The Bertz CT molecular complexity index is 79.2. The highest BCUT2D eigenvalue weighted by Gasteiger charge is 1.92. The van der Waals surface area contributed by atoms with Crippen molar-refractivity contribution in [2.45, 2.75) is 77.6 Å². The molecule has 0 fully saturated rings. The highest BCUT2D eigenvalue weighted by Crippen LogP contribution is 2.10. The molecule has 1 nitrogen and oxygen atoms in total. The first-order valence-electron chi connectivity index (χ1n) is 6.71. The van der Waals surface area contributed by atoms with Crippen LogP contribution in [-0.2, 0) is 0 Å². The van der Waals surface area contributed by atoms with Gasteiger partial charge in [-0.05, 0) is 12.8 Å². The van der Waals surface area contributed by atoms with Crippen molar-refractivity contribution in [1.82, 2.24) is 0 Å². The molecule has 0 radical (unpaired) electrons. The van der Waals surface area contributed by atoms with Gasteiger partial charge in [0.2, 0.25) is 0 Å². The molecule has 0 rings (SSSR count).